The fourth-order valence-corrected chi connectivity index (χ4v) is 1.36. The molecule has 3 nitrogen and oxygen atoms in total. The van der Waals surface area contributed by atoms with Crippen molar-refractivity contribution in [3.63, 3.8) is 0 Å². The Balaban J connectivity index is 3.64. The lowest BCUT2D eigenvalue weighted by atomic mass is 10.2. The van der Waals surface area contributed by atoms with Gasteiger partial charge in [-0.15, -0.1) is 11.8 Å². The molecule has 0 rings (SSSR count). The minimum atomic E-state index is -0.805. The van der Waals surface area contributed by atoms with Crippen molar-refractivity contribution < 1.29 is 15.0 Å². The first-order chi connectivity index (χ1) is 5.00. The lowest BCUT2D eigenvalue weighted by Gasteiger charge is -2.17. The van der Waals surface area contributed by atoms with Crippen molar-refractivity contribution in [1.82, 2.24) is 0 Å². The predicted molar refractivity (Wildman–Crippen MR) is 45.9 cm³/mol. The van der Waals surface area contributed by atoms with Gasteiger partial charge in [-0.3, -0.25) is 4.79 Å². The molecule has 0 aromatic carbocycles. The Morgan fingerprint density at radius 2 is 2.09 bits per heavy atom. The molecule has 66 valence electrons. The van der Waals surface area contributed by atoms with Gasteiger partial charge >= 0.3 is 5.97 Å². The first-order valence-electron chi connectivity index (χ1n) is 3.49. The molecule has 0 fully saturated rings. The summed E-state index contributed by atoms with van der Waals surface area (Å²) < 4.78 is -0.727. The molecule has 0 aromatic heterocycles. The van der Waals surface area contributed by atoms with Crippen LogP contribution in [-0.4, -0.2) is 33.3 Å². The molecule has 0 heterocycles. The van der Waals surface area contributed by atoms with Gasteiger partial charge in [0.05, 0.1) is 0 Å². The van der Waals surface area contributed by atoms with E-state index >= 15 is 0 Å². The molecular weight excluding hydrogens is 164 g/mol. The Labute approximate surface area is 70.8 Å². The van der Waals surface area contributed by atoms with Crippen LogP contribution in [0.1, 0.15) is 20.3 Å². The van der Waals surface area contributed by atoms with Crippen molar-refractivity contribution in [2.45, 2.75) is 25.0 Å². The van der Waals surface area contributed by atoms with Crippen LogP contribution in [-0.2, 0) is 4.79 Å². The Kier molecular flexibility index (Phi) is 4.52. The minimum Gasteiger partial charge on any atom is -0.480 e. The summed E-state index contributed by atoms with van der Waals surface area (Å²) in [4.78, 5) is 10.5. The lowest BCUT2D eigenvalue weighted by Crippen LogP contribution is -2.27. The summed E-state index contributed by atoms with van der Waals surface area (Å²) in [6.07, 6.45) is 0.654. The van der Waals surface area contributed by atoms with Gasteiger partial charge in [0.15, 0.2) is 0 Å². The van der Waals surface area contributed by atoms with Gasteiger partial charge < -0.3 is 10.2 Å². The Morgan fingerprint density at radius 3 is 2.45 bits per heavy atom. The third kappa shape index (κ3) is 4.27. The number of thioether (sulfide) groups is 1. The van der Waals surface area contributed by atoms with Crippen LogP contribution in [0.4, 0.5) is 0 Å². The van der Waals surface area contributed by atoms with E-state index in [1.807, 2.05) is 0 Å². The second kappa shape index (κ2) is 4.62. The van der Waals surface area contributed by atoms with Crippen molar-refractivity contribution in [1.29, 1.82) is 0 Å². The van der Waals surface area contributed by atoms with Gasteiger partial charge in [-0.05, 0) is 26.0 Å². The van der Waals surface area contributed by atoms with E-state index in [4.69, 9.17) is 10.2 Å². The van der Waals surface area contributed by atoms with Crippen molar-refractivity contribution in [3.8, 4) is 0 Å². The summed E-state index contributed by atoms with van der Waals surface area (Å²) in [7, 11) is 0. The van der Waals surface area contributed by atoms with Crippen LogP contribution in [0.5, 0.6) is 0 Å². The molecule has 0 amide bonds. The van der Waals surface area contributed by atoms with Crippen LogP contribution in [0, 0.1) is 0 Å². The molecule has 4 heteroatoms. The number of aliphatic carboxylic acids is 1. The Hall–Kier alpha value is -0.220. The van der Waals surface area contributed by atoms with Gasteiger partial charge in [0.25, 0.3) is 0 Å². The number of hydrogen-bond acceptors (Lipinski definition) is 3. The molecule has 0 radical (unpaired) electrons. The van der Waals surface area contributed by atoms with Crippen molar-refractivity contribution in [2.75, 3.05) is 12.4 Å². The van der Waals surface area contributed by atoms with Gasteiger partial charge in [-0.25, -0.2) is 0 Å². The molecular formula is C7H14O3S. The number of hydrogen-bond donors (Lipinski definition) is 2. The van der Waals surface area contributed by atoms with E-state index in [2.05, 4.69) is 0 Å². The first-order valence-corrected chi connectivity index (χ1v) is 4.47. The molecule has 0 aliphatic rings. The smallest absolute Gasteiger partial charge is 0.319 e. The summed E-state index contributed by atoms with van der Waals surface area (Å²) in [6.45, 7) is 3.46. The number of aliphatic hydroxyl groups is 1. The minimum absolute atomic E-state index is 0.128. The van der Waals surface area contributed by atoms with Crippen LogP contribution in [0.3, 0.4) is 0 Å². The van der Waals surface area contributed by atoms with Crippen LogP contribution in [0.25, 0.3) is 0 Å². The first kappa shape index (κ1) is 10.8. The molecule has 0 aliphatic heterocycles. The lowest BCUT2D eigenvalue weighted by molar-refractivity contribution is -0.138. The fourth-order valence-electron chi connectivity index (χ4n) is 0.454. The topological polar surface area (TPSA) is 57.5 Å². The monoisotopic (exact) mass is 178 g/mol. The molecule has 0 aromatic rings. The molecule has 0 spiro atoms. The number of rotatable bonds is 5. The molecule has 0 bridgehead atoms. The molecule has 2 N–H and O–H groups in total. The van der Waals surface area contributed by atoms with E-state index in [1.165, 1.54) is 11.8 Å². The zero-order valence-corrected chi connectivity index (χ0v) is 7.65. The quantitative estimate of drug-likeness (QED) is 0.616. The molecule has 0 unspecified atom stereocenters. The standard InChI is InChI=1S/C7H14O3S/c1-7(2,6(9)10)11-5-3-4-8/h8H,3-5H2,1-2H3,(H,9,10). The summed E-state index contributed by atoms with van der Waals surface area (Å²) in [5.41, 5.74) is 0. The van der Waals surface area contributed by atoms with Crippen LogP contribution < -0.4 is 0 Å². The van der Waals surface area contributed by atoms with E-state index in [1.54, 1.807) is 13.8 Å². The number of aliphatic hydroxyl groups excluding tert-OH is 1. The predicted octanol–water partition coefficient (Wildman–Crippen LogP) is 0.965. The highest BCUT2D eigenvalue weighted by Crippen LogP contribution is 2.24. The van der Waals surface area contributed by atoms with Crippen molar-refractivity contribution >= 4 is 17.7 Å². The van der Waals surface area contributed by atoms with E-state index < -0.39 is 10.7 Å². The number of carboxylic acids is 1. The fraction of sp³-hybridized carbons (Fsp3) is 0.857. The third-order valence-electron chi connectivity index (χ3n) is 1.28. The normalized spacial score (nSPS) is 11.5. The largest absolute Gasteiger partial charge is 0.480 e. The van der Waals surface area contributed by atoms with E-state index in [-0.39, 0.29) is 6.61 Å². The van der Waals surface area contributed by atoms with Crippen LogP contribution in [0.2, 0.25) is 0 Å². The molecule has 11 heavy (non-hydrogen) atoms. The molecule has 0 saturated heterocycles. The summed E-state index contributed by atoms with van der Waals surface area (Å²) in [5, 5.41) is 17.1. The average Bonchev–Trinajstić information content (AvgIpc) is 1.88. The highest BCUT2D eigenvalue weighted by atomic mass is 32.2. The maximum absolute atomic E-state index is 10.5. The highest BCUT2D eigenvalue weighted by molar-refractivity contribution is 8.01. The van der Waals surface area contributed by atoms with E-state index in [0.717, 1.165) is 0 Å². The van der Waals surface area contributed by atoms with E-state index in [9.17, 15) is 4.79 Å². The molecule has 0 atom stereocenters. The van der Waals surface area contributed by atoms with Crippen LogP contribution in [0.15, 0.2) is 0 Å². The van der Waals surface area contributed by atoms with Crippen LogP contribution >= 0.6 is 11.8 Å². The molecule has 0 saturated carbocycles. The van der Waals surface area contributed by atoms with Crippen molar-refractivity contribution in [2.24, 2.45) is 0 Å². The molecule has 0 aliphatic carbocycles. The van der Waals surface area contributed by atoms with Gasteiger partial charge in [0, 0.05) is 6.61 Å². The van der Waals surface area contributed by atoms with Crippen molar-refractivity contribution in [3.05, 3.63) is 0 Å². The van der Waals surface area contributed by atoms with E-state index in [0.29, 0.717) is 12.2 Å². The Bertz CT molecular complexity index is 134. The zero-order chi connectivity index (χ0) is 8.91. The second-order valence-electron chi connectivity index (χ2n) is 2.74. The number of carbonyl (C=O) groups is 1. The van der Waals surface area contributed by atoms with Gasteiger partial charge in [0.1, 0.15) is 4.75 Å². The SMILES string of the molecule is CC(C)(SCCCO)C(=O)O. The van der Waals surface area contributed by atoms with Gasteiger partial charge in [-0.2, -0.15) is 0 Å². The average molecular weight is 178 g/mol. The Morgan fingerprint density at radius 1 is 1.55 bits per heavy atom. The second-order valence-corrected chi connectivity index (χ2v) is 4.46. The summed E-state index contributed by atoms with van der Waals surface area (Å²) in [6, 6.07) is 0. The number of carboxylic acid groups (broad SMARTS) is 1. The van der Waals surface area contributed by atoms with Gasteiger partial charge in [-0.1, -0.05) is 0 Å². The van der Waals surface area contributed by atoms with Gasteiger partial charge in [0.2, 0.25) is 0 Å². The summed E-state index contributed by atoms with van der Waals surface area (Å²) >= 11 is 1.35. The highest BCUT2D eigenvalue weighted by Gasteiger charge is 2.26. The maximum atomic E-state index is 10.5. The summed E-state index contributed by atoms with van der Waals surface area (Å²) in [5.74, 6) is -0.115. The third-order valence-corrected chi connectivity index (χ3v) is 2.67. The zero-order valence-electron chi connectivity index (χ0n) is 6.83. The maximum Gasteiger partial charge on any atom is 0.319 e.